The molecule has 2 heterocycles. The van der Waals surface area contributed by atoms with Crippen LogP contribution in [0.3, 0.4) is 0 Å². The second-order valence-corrected chi connectivity index (χ2v) is 6.20. The number of aliphatic hydroxyl groups is 3. The minimum absolute atomic E-state index is 0.162. The van der Waals surface area contributed by atoms with Crippen molar-refractivity contribution in [3.05, 3.63) is 22.2 Å². The van der Waals surface area contributed by atoms with E-state index in [1.165, 1.54) is 6.20 Å². The van der Waals surface area contributed by atoms with Crippen LogP contribution in [0, 0.1) is 6.92 Å². The molecule has 0 spiro atoms. The van der Waals surface area contributed by atoms with Crippen molar-refractivity contribution in [1.82, 2.24) is 9.55 Å². The molecule has 1 aliphatic rings. The molecule has 140 valence electrons. The molecule has 0 radical (unpaired) electrons. The first kappa shape index (κ1) is 19.5. The van der Waals surface area contributed by atoms with Crippen molar-refractivity contribution < 1.29 is 24.9 Å². The third-order valence-electron chi connectivity index (χ3n) is 4.19. The number of carbonyl (C=O) groups excluding carboxylic acids is 1. The summed E-state index contributed by atoms with van der Waals surface area (Å²) in [5.74, 6) is -0.0522. The van der Waals surface area contributed by atoms with Crippen LogP contribution < -0.4 is 11.0 Å². The zero-order chi connectivity index (χ0) is 18.6. The number of rotatable bonds is 7. The highest BCUT2D eigenvalue weighted by atomic mass is 16.6. The molecule has 9 nitrogen and oxygen atoms in total. The number of aliphatic hydroxyl groups excluding tert-OH is 3. The first-order valence-electron chi connectivity index (χ1n) is 8.41. The summed E-state index contributed by atoms with van der Waals surface area (Å²) in [4.78, 5) is 28.0. The van der Waals surface area contributed by atoms with Crippen molar-refractivity contribution in [2.45, 2.75) is 64.1 Å². The number of carbonyl (C=O) groups is 1. The molecular formula is C16H25N3O6. The predicted octanol–water partition coefficient (Wildman–Crippen LogP) is -0.318. The summed E-state index contributed by atoms with van der Waals surface area (Å²) in [7, 11) is 0. The SMILES string of the molecule is CCCCCC(=O)Nc1nc(=O)n([C@@H]2O[C@H](CO)[C@@H](O)[C@H]2O)cc1C. The molecule has 1 amide bonds. The molecule has 1 saturated heterocycles. The van der Waals surface area contributed by atoms with Gasteiger partial charge in [0, 0.05) is 18.2 Å². The minimum atomic E-state index is -1.37. The van der Waals surface area contributed by atoms with Gasteiger partial charge in [0.1, 0.15) is 24.1 Å². The number of nitrogens with zero attached hydrogens (tertiary/aromatic N) is 2. The molecule has 4 N–H and O–H groups in total. The number of nitrogens with one attached hydrogen (secondary N) is 1. The highest BCUT2D eigenvalue weighted by Crippen LogP contribution is 2.28. The van der Waals surface area contributed by atoms with E-state index in [2.05, 4.69) is 10.3 Å². The zero-order valence-electron chi connectivity index (χ0n) is 14.4. The molecule has 25 heavy (non-hydrogen) atoms. The Bertz CT molecular complexity index is 662. The Hall–Kier alpha value is -1.81. The van der Waals surface area contributed by atoms with Gasteiger partial charge in [-0.05, 0) is 13.3 Å². The smallest absolute Gasteiger partial charge is 0.351 e. The maximum absolute atomic E-state index is 12.2. The predicted molar refractivity (Wildman–Crippen MR) is 89.0 cm³/mol. The third kappa shape index (κ3) is 4.43. The second-order valence-electron chi connectivity index (χ2n) is 6.20. The Labute approximate surface area is 145 Å². The Morgan fingerprint density at radius 1 is 1.36 bits per heavy atom. The maximum atomic E-state index is 12.2. The number of anilines is 1. The lowest BCUT2D eigenvalue weighted by Gasteiger charge is -2.18. The van der Waals surface area contributed by atoms with Crippen molar-refractivity contribution in [3.8, 4) is 0 Å². The number of aryl methyl sites for hydroxylation is 1. The molecule has 0 saturated carbocycles. The van der Waals surface area contributed by atoms with E-state index in [4.69, 9.17) is 9.84 Å². The van der Waals surface area contributed by atoms with Crippen LogP contribution in [0.2, 0.25) is 0 Å². The van der Waals surface area contributed by atoms with Crippen LogP contribution in [0.25, 0.3) is 0 Å². The van der Waals surface area contributed by atoms with Crippen LogP contribution in [0.4, 0.5) is 5.82 Å². The van der Waals surface area contributed by atoms with E-state index in [1.807, 2.05) is 6.92 Å². The average molecular weight is 355 g/mol. The number of aromatic nitrogens is 2. The minimum Gasteiger partial charge on any atom is -0.394 e. The Morgan fingerprint density at radius 3 is 2.68 bits per heavy atom. The molecule has 0 aliphatic carbocycles. The Morgan fingerprint density at radius 2 is 2.08 bits per heavy atom. The van der Waals surface area contributed by atoms with Gasteiger partial charge in [0.15, 0.2) is 6.23 Å². The molecule has 1 fully saturated rings. The molecule has 0 aromatic carbocycles. The van der Waals surface area contributed by atoms with Gasteiger partial charge in [-0.15, -0.1) is 0 Å². The second kappa shape index (κ2) is 8.52. The van der Waals surface area contributed by atoms with Crippen LogP contribution in [-0.4, -0.2) is 55.7 Å². The molecule has 0 unspecified atom stereocenters. The molecule has 4 atom stereocenters. The van der Waals surface area contributed by atoms with Gasteiger partial charge in [0.2, 0.25) is 5.91 Å². The fourth-order valence-electron chi connectivity index (χ4n) is 2.72. The summed E-state index contributed by atoms with van der Waals surface area (Å²) in [6.45, 7) is 3.22. The summed E-state index contributed by atoms with van der Waals surface area (Å²) >= 11 is 0. The van der Waals surface area contributed by atoms with Crippen LogP contribution in [-0.2, 0) is 9.53 Å². The number of amides is 1. The summed E-state index contributed by atoms with van der Waals surface area (Å²) in [6, 6.07) is 0. The Kier molecular flexibility index (Phi) is 6.65. The van der Waals surface area contributed by atoms with Gasteiger partial charge < -0.3 is 25.4 Å². The number of hydrogen-bond donors (Lipinski definition) is 4. The van der Waals surface area contributed by atoms with E-state index in [0.717, 1.165) is 23.8 Å². The van der Waals surface area contributed by atoms with E-state index >= 15 is 0 Å². The fraction of sp³-hybridized carbons (Fsp3) is 0.688. The molecule has 1 aromatic heterocycles. The van der Waals surface area contributed by atoms with Crippen LogP contribution in [0.5, 0.6) is 0 Å². The van der Waals surface area contributed by atoms with E-state index in [0.29, 0.717) is 12.0 Å². The number of ether oxygens (including phenoxy) is 1. The van der Waals surface area contributed by atoms with Gasteiger partial charge in [-0.1, -0.05) is 19.8 Å². The van der Waals surface area contributed by atoms with Crippen LogP contribution in [0.15, 0.2) is 11.0 Å². The molecule has 1 aliphatic heterocycles. The van der Waals surface area contributed by atoms with E-state index in [1.54, 1.807) is 6.92 Å². The van der Waals surface area contributed by atoms with Gasteiger partial charge in [0.05, 0.1) is 6.61 Å². The highest BCUT2D eigenvalue weighted by molar-refractivity contribution is 5.90. The summed E-state index contributed by atoms with van der Waals surface area (Å²) in [5, 5.41) is 31.6. The monoisotopic (exact) mass is 355 g/mol. The lowest BCUT2D eigenvalue weighted by Crippen LogP contribution is -2.36. The van der Waals surface area contributed by atoms with Crippen molar-refractivity contribution in [2.75, 3.05) is 11.9 Å². The average Bonchev–Trinajstić information content (AvgIpc) is 2.86. The van der Waals surface area contributed by atoms with Gasteiger partial charge in [-0.3, -0.25) is 9.36 Å². The van der Waals surface area contributed by atoms with Crippen LogP contribution in [0.1, 0.15) is 44.4 Å². The zero-order valence-corrected chi connectivity index (χ0v) is 14.4. The highest BCUT2D eigenvalue weighted by Gasteiger charge is 2.43. The maximum Gasteiger partial charge on any atom is 0.351 e. The van der Waals surface area contributed by atoms with Gasteiger partial charge in [0.25, 0.3) is 0 Å². The van der Waals surface area contributed by atoms with E-state index < -0.39 is 36.8 Å². The number of unbranched alkanes of at least 4 members (excludes halogenated alkanes) is 2. The largest absolute Gasteiger partial charge is 0.394 e. The molecule has 2 rings (SSSR count). The summed E-state index contributed by atoms with van der Waals surface area (Å²) in [6.07, 6.45) is -0.334. The quantitative estimate of drug-likeness (QED) is 0.493. The first-order chi connectivity index (χ1) is 11.9. The van der Waals surface area contributed by atoms with Crippen molar-refractivity contribution in [1.29, 1.82) is 0 Å². The van der Waals surface area contributed by atoms with Gasteiger partial charge in [-0.25, -0.2) is 4.79 Å². The van der Waals surface area contributed by atoms with E-state index in [-0.39, 0.29) is 11.7 Å². The third-order valence-corrected chi connectivity index (χ3v) is 4.19. The normalized spacial score (nSPS) is 26.0. The standard InChI is InChI=1S/C16H25N3O6/c1-3-4-5-6-11(21)17-14-9(2)7-19(16(24)18-14)15-13(23)12(22)10(8-20)25-15/h7,10,12-13,15,20,22-23H,3-6,8H2,1-2H3,(H,17,18,21,24)/t10-,12-,13-,15-/m1/s1. The first-order valence-corrected chi connectivity index (χ1v) is 8.41. The van der Waals surface area contributed by atoms with Gasteiger partial charge in [-0.2, -0.15) is 4.98 Å². The summed E-state index contributed by atoms with van der Waals surface area (Å²) < 4.78 is 6.38. The fourth-order valence-corrected chi connectivity index (χ4v) is 2.72. The van der Waals surface area contributed by atoms with Crippen molar-refractivity contribution >= 4 is 11.7 Å². The lowest BCUT2D eigenvalue weighted by molar-refractivity contribution is -0.116. The number of hydrogen-bond acceptors (Lipinski definition) is 7. The van der Waals surface area contributed by atoms with E-state index in [9.17, 15) is 19.8 Å². The molecule has 1 aromatic rings. The molecule has 9 heteroatoms. The Balaban J connectivity index is 2.15. The van der Waals surface area contributed by atoms with Gasteiger partial charge >= 0.3 is 5.69 Å². The van der Waals surface area contributed by atoms with Crippen LogP contribution >= 0.6 is 0 Å². The lowest BCUT2D eigenvalue weighted by atomic mass is 10.1. The summed E-state index contributed by atoms with van der Waals surface area (Å²) in [5.41, 5.74) is -0.217. The molecule has 0 bridgehead atoms. The molecular weight excluding hydrogens is 330 g/mol. The van der Waals surface area contributed by atoms with Crippen molar-refractivity contribution in [3.63, 3.8) is 0 Å². The van der Waals surface area contributed by atoms with Crippen molar-refractivity contribution in [2.24, 2.45) is 0 Å². The topological polar surface area (TPSA) is 134 Å².